The normalized spacial score (nSPS) is 11.8. The third-order valence-corrected chi connectivity index (χ3v) is 4.16. The van der Waals surface area contributed by atoms with E-state index in [-0.39, 0.29) is 17.9 Å². The average molecular weight is 348 g/mol. The van der Waals surface area contributed by atoms with Crippen molar-refractivity contribution >= 4 is 11.9 Å². The molecule has 0 bridgehead atoms. The van der Waals surface area contributed by atoms with Gasteiger partial charge in [0.05, 0.1) is 5.92 Å². The van der Waals surface area contributed by atoms with Crippen molar-refractivity contribution in [3.63, 3.8) is 0 Å². The Labute approximate surface area is 151 Å². The molecule has 140 valence electrons. The molecule has 1 aromatic rings. The molecule has 0 aliphatic carbocycles. The summed E-state index contributed by atoms with van der Waals surface area (Å²) in [7, 11) is 0. The number of hydrogen-bond donors (Lipinski definition) is 0. The molecule has 25 heavy (non-hydrogen) atoms. The number of rotatable bonds is 12. The maximum Gasteiger partial charge on any atom is 0.314 e. The zero-order valence-electron chi connectivity index (χ0n) is 15.9. The molecule has 0 N–H and O–H groups in total. The van der Waals surface area contributed by atoms with Gasteiger partial charge in [0.25, 0.3) is 0 Å². The molecule has 0 saturated heterocycles. The fraction of sp³-hybridized carbons (Fsp3) is 0.619. The van der Waals surface area contributed by atoms with Crippen molar-refractivity contribution in [3.05, 3.63) is 24.3 Å². The Balaban J connectivity index is 2.52. The Morgan fingerprint density at radius 3 is 2.12 bits per heavy atom. The fourth-order valence-corrected chi connectivity index (χ4v) is 2.50. The van der Waals surface area contributed by atoms with Crippen LogP contribution in [0.15, 0.2) is 24.3 Å². The highest BCUT2D eigenvalue weighted by Gasteiger charge is 2.18. The van der Waals surface area contributed by atoms with E-state index in [9.17, 15) is 9.59 Å². The minimum Gasteiger partial charge on any atom is -0.423 e. The van der Waals surface area contributed by atoms with Gasteiger partial charge in [-0.05, 0) is 25.0 Å². The van der Waals surface area contributed by atoms with Gasteiger partial charge in [0.15, 0.2) is 11.5 Å². The lowest BCUT2D eigenvalue weighted by molar-refractivity contribution is -0.140. The van der Waals surface area contributed by atoms with Gasteiger partial charge in [0.2, 0.25) is 0 Å². The van der Waals surface area contributed by atoms with Gasteiger partial charge in [-0.25, -0.2) is 0 Å². The molecule has 0 heterocycles. The lowest BCUT2D eigenvalue weighted by Gasteiger charge is -2.13. The van der Waals surface area contributed by atoms with Gasteiger partial charge in [0.1, 0.15) is 0 Å². The first-order chi connectivity index (χ1) is 12.1. The van der Waals surface area contributed by atoms with Crippen LogP contribution < -0.4 is 9.47 Å². The van der Waals surface area contributed by atoms with E-state index in [0.29, 0.717) is 17.9 Å². The number of esters is 2. The van der Waals surface area contributed by atoms with Crippen LogP contribution in [0.25, 0.3) is 0 Å². The zero-order valence-corrected chi connectivity index (χ0v) is 15.9. The van der Waals surface area contributed by atoms with Crippen LogP contribution in [-0.2, 0) is 9.59 Å². The highest BCUT2D eigenvalue weighted by molar-refractivity contribution is 5.77. The minimum atomic E-state index is -0.281. The van der Waals surface area contributed by atoms with Gasteiger partial charge in [0, 0.05) is 6.42 Å². The monoisotopic (exact) mass is 348 g/mol. The second-order valence-corrected chi connectivity index (χ2v) is 6.55. The van der Waals surface area contributed by atoms with Gasteiger partial charge in [-0.2, -0.15) is 0 Å². The number of unbranched alkanes of at least 4 members (excludes halogenated alkanes) is 5. The van der Waals surface area contributed by atoms with Crippen molar-refractivity contribution in [2.75, 3.05) is 0 Å². The molecule has 0 radical (unpaired) electrons. The fourth-order valence-electron chi connectivity index (χ4n) is 2.50. The third kappa shape index (κ3) is 8.71. The number of ether oxygens (including phenoxy) is 2. The Morgan fingerprint density at radius 2 is 1.48 bits per heavy atom. The SMILES string of the molecule is CCCCCCCC(=O)Oc1ccccc1OC(=O)C(C)CCCC. The topological polar surface area (TPSA) is 52.6 Å². The molecule has 4 nitrogen and oxygen atoms in total. The van der Waals surface area contributed by atoms with Crippen LogP contribution in [-0.4, -0.2) is 11.9 Å². The number of para-hydroxylation sites is 2. The van der Waals surface area contributed by atoms with E-state index >= 15 is 0 Å². The third-order valence-electron chi connectivity index (χ3n) is 4.16. The van der Waals surface area contributed by atoms with Crippen molar-refractivity contribution in [2.24, 2.45) is 5.92 Å². The molecule has 0 fully saturated rings. The number of hydrogen-bond acceptors (Lipinski definition) is 4. The van der Waals surface area contributed by atoms with Crippen LogP contribution in [0.5, 0.6) is 11.5 Å². The summed E-state index contributed by atoms with van der Waals surface area (Å²) in [5.74, 6) is -0.0925. The Hall–Kier alpha value is -1.84. The predicted octanol–water partition coefficient (Wildman–Crippen LogP) is 5.68. The van der Waals surface area contributed by atoms with E-state index in [4.69, 9.17) is 9.47 Å². The van der Waals surface area contributed by atoms with Gasteiger partial charge < -0.3 is 9.47 Å². The molecule has 1 rings (SSSR count). The van der Waals surface area contributed by atoms with E-state index in [0.717, 1.165) is 38.5 Å². The van der Waals surface area contributed by atoms with Crippen molar-refractivity contribution in [1.29, 1.82) is 0 Å². The maximum absolute atomic E-state index is 12.2. The van der Waals surface area contributed by atoms with Crippen LogP contribution in [0.3, 0.4) is 0 Å². The molecular formula is C21H32O4. The second kappa shape index (κ2) is 12.5. The van der Waals surface area contributed by atoms with E-state index in [1.807, 2.05) is 6.92 Å². The molecule has 0 amide bonds. The molecular weight excluding hydrogens is 316 g/mol. The zero-order chi connectivity index (χ0) is 18.5. The first kappa shape index (κ1) is 21.2. The van der Waals surface area contributed by atoms with E-state index in [1.54, 1.807) is 24.3 Å². The largest absolute Gasteiger partial charge is 0.423 e. The molecule has 0 aromatic heterocycles. The quantitative estimate of drug-likeness (QED) is 0.277. The average Bonchev–Trinajstić information content (AvgIpc) is 2.61. The van der Waals surface area contributed by atoms with Crippen LogP contribution in [0.1, 0.15) is 78.6 Å². The highest BCUT2D eigenvalue weighted by atomic mass is 16.6. The lowest BCUT2D eigenvalue weighted by Crippen LogP contribution is -2.18. The summed E-state index contributed by atoms with van der Waals surface area (Å²) in [5, 5.41) is 0. The first-order valence-corrected chi connectivity index (χ1v) is 9.59. The molecule has 1 atom stereocenters. The van der Waals surface area contributed by atoms with Gasteiger partial charge in [-0.3, -0.25) is 9.59 Å². The van der Waals surface area contributed by atoms with Crippen molar-refractivity contribution < 1.29 is 19.1 Å². The molecule has 0 aliphatic rings. The molecule has 1 unspecified atom stereocenters. The molecule has 4 heteroatoms. The standard InChI is InChI=1S/C21H32O4/c1-4-6-8-9-10-16-20(22)24-18-14-11-12-15-19(18)25-21(23)17(3)13-7-5-2/h11-12,14-15,17H,4-10,13,16H2,1-3H3. The van der Waals surface area contributed by atoms with E-state index < -0.39 is 0 Å². The summed E-state index contributed by atoms with van der Waals surface area (Å²) < 4.78 is 10.8. The Morgan fingerprint density at radius 1 is 0.880 bits per heavy atom. The Kier molecular flexibility index (Phi) is 10.6. The first-order valence-electron chi connectivity index (χ1n) is 9.59. The summed E-state index contributed by atoms with van der Waals surface area (Å²) in [6.07, 6.45) is 8.61. The smallest absolute Gasteiger partial charge is 0.314 e. The summed E-state index contributed by atoms with van der Waals surface area (Å²) >= 11 is 0. The summed E-state index contributed by atoms with van der Waals surface area (Å²) in [6.45, 7) is 6.12. The van der Waals surface area contributed by atoms with Gasteiger partial charge in [-0.15, -0.1) is 0 Å². The molecule has 0 spiro atoms. The maximum atomic E-state index is 12.2. The Bertz CT molecular complexity index is 524. The van der Waals surface area contributed by atoms with Crippen LogP contribution in [0.2, 0.25) is 0 Å². The van der Waals surface area contributed by atoms with Crippen molar-refractivity contribution in [2.45, 2.75) is 78.6 Å². The van der Waals surface area contributed by atoms with Crippen LogP contribution in [0, 0.1) is 5.92 Å². The van der Waals surface area contributed by atoms with Crippen molar-refractivity contribution in [1.82, 2.24) is 0 Å². The number of carbonyl (C=O) groups is 2. The van der Waals surface area contributed by atoms with Crippen molar-refractivity contribution in [3.8, 4) is 11.5 Å². The lowest BCUT2D eigenvalue weighted by atomic mass is 10.1. The van der Waals surface area contributed by atoms with Gasteiger partial charge in [-0.1, -0.05) is 71.4 Å². The summed E-state index contributed by atoms with van der Waals surface area (Å²) in [6, 6.07) is 6.85. The number of carbonyl (C=O) groups excluding carboxylic acids is 2. The van der Waals surface area contributed by atoms with E-state index in [2.05, 4.69) is 13.8 Å². The second-order valence-electron chi connectivity index (χ2n) is 6.55. The molecule has 1 aromatic carbocycles. The van der Waals surface area contributed by atoms with Crippen LogP contribution in [0.4, 0.5) is 0 Å². The highest BCUT2D eigenvalue weighted by Crippen LogP contribution is 2.28. The predicted molar refractivity (Wildman–Crippen MR) is 99.8 cm³/mol. The van der Waals surface area contributed by atoms with Crippen LogP contribution >= 0.6 is 0 Å². The summed E-state index contributed by atoms with van der Waals surface area (Å²) in [4.78, 5) is 24.2. The molecule has 0 saturated carbocycles. The summed E-state index contributed by atoms with van der Waals surface area (Å²) in [5.41, 5.74) is 0. The number of benzene rings is 1. The molecule has 0 aliphatic heterocycles. The van der Waals surface area contributed by atoms with E-state index in [1.165, 1.54) is 12.8 Å². The minimum absolute atomic E-state index is 0.165. The van der Waals surface area contributed by atoms with Gasteiger partial charge >= 0.3 is 11.9 Å².